The zero-order chi connectivity index (χ0) is 17.3. The molecule has 3 nitrogen and oxygen atoms in total. The molecule has 0 saturated heterocycles. The first kappa shape index (κ1) is 16.9. The van der Waals surface area contributed by atoms with Crippen molar-refractivity contribution in [2.24, 2.45) is 4.99 Å². The van der Waals surface area contributed by atoms with E-state index in [2.05, 4.69) is 44.8 Å². The van der Waals surface area contributed by atoms with Crippen molar-refractivity contribution in [3.05, 3.63) is 57.5 Å². The number of anilines is 1. The van der Waals surface area contributed by atoms with E-state index in [1.807, 2.05) is 24.3 Å². The minimum atomic E-state index is -0.0788. The van der Waals surface area contributed by atoms with Crippen molar-refractivity contribution < 1.29 is 0 Å². The average molecular weight is 419 g/mol. The van der Waals surface area contributed by atoms with Gasteiger partial charge in [0.1, 0.15) is 11.5 Å². The highest BCUT2D eigenvalue weighted by Crippen LogP contribution is 2.43. The van der Waals surface area contributed by atoms with Crippen molar-refractivity contribution in [3.63, 3.8) is 0 Å². The van der Waals surface area contributed by atoms with Gasteiger partial charge in [0.25, 0.3) is 0 Å². The highest BCUT2D eigenvalue weighted by atomic mass is 79.9. The van der Waals surface area contributed by atoms with Gasteiger partial charge in [-0.2, -0.15) is 0 Å². The van der Waals surface area contributed by atoms with Gasteiger partial charge in [0, 0.05) is 16.0 Å². The van der Waals surface area contributed by atoms with Crippen LogP contribution >= 0.6 is 27.5 Å². The zero-order valence-corrected chi connectivity index (χ0v) is 16.3. The van der Waals surface area contributed by atoms with Gasteiger partial charge in [0.2, 0.25) is 0 Å². The zero-order valence-electron chi connectivity index (χ0n) is 14.0. The highest BCUT2D eigenvalue weighted by molar-refractivity contribution is 9.10. The van der Waals surface area contributed by atoms with E-state index in [1.165, 1.54) is 24.8 Å². The Labute approximate surface area is 162 Å². The Morgan fingerprint density at radius 3 is 2.72 bits per heavy atom. The predicted molar refractivity (Wildman–Crippen MR) is 109 cm³/mol. The number of hydrogen-bond donors (Lipinski definition) is 2. The van der Waals surface area contributed by atoms with Gasteiger partial charge in [-0.25, -0.2) is 4.99 Å². The van der Waals surface area contributed by atoms with Crippen LogP contribution in [0.15, 0.2) is 51.9 Å². The summed E-state index contributed by atoms with van der Waals surface area (Å²) < 4.78 is 1.02. The molecule has 1 saturated carbocycles. The van der Waals surface area contributed by atoms with E-state index in [4.69, 9.17) is 16.6 Å². The van der Waals surface area contributed by atoms with Crippen LogP contribution in [0, 0.1) is 0 Å². The Bertz CT molecular complexity index is 812. The number of fused-ring (bicyclic) bond motifs is 1. The van der Waals surface area contributed by atoms with Gasteiger partial charge < -0.3 is 10.6 Å². The SMILES string of the molecule is Clc1cccc(CNC2=Nc3c(Br)cccc3NC23CCCCC3)c1. The maximum absolute atomic E-state index is 6.12. The lowest BCUT2D eigenvalue weighted by Gasteiger charge is -2.43. The third kappa shape index (κ3) is 3.42. The summed E-state index contributed by atoms with van der Waals surface area (Å²) in [6.07, 6.45) is 5.99. The van der Waals surface area contributed by atoms with Crippen molar-refractivity contribution in [1.29, 1.82) is 0 Å². The van der Waals surface area contributed by atoms with Crippen LogP contribution in [0.1, 0.15) is 37.7 Å². The molecule has 1 fully saturated rings. The first-order valence-corrected chi connectivity index (χ1v) is 9.98. The molecule has 130 valence electrons. The van der Waals surface area contributed by atoms with Gasteiger partial charge in [-0.05, 0) is 58.6 Å². The number of para-hydroxylation sites is 1. The molecule has 0 amide bonds. The van der Waals surface area contributed by atoms with E-state index >= 15 is 0 Å². The largest absolute Gasteiger partial charge is 0.371 e. The maximum atomic E-state index is 6.12. The number of nitrogens with zero attached hydrogens (tertiary/aromatic N) is 1. The van der Waals surface area contributed by atoms with Crippen LogP contribution in [0.25, 0.3) is 0 Å². The molecule has 5 heteroatoms. The van der Waals surface area contributed by atoms with Crippen LogP contribution in [-0.2, 0) is 6.54 Å². The third-order valence-corrected chi connectivity index (χ3v) is 5.97. The Balaban J connectivity index is 1.66. The van der Waals surface area contributed by atoms with Crippen molar-refractivity contribution in [1.82, 2.24) is 5.32 Å². The molecular formula is C20H21BrClN3. The van der Waals surface area contributed by atoms with Crippen molar-refractivity contribution in [2.45, 2.75) is 44.2 Å². The number of aliphatic imine (C=N–C) groups is 1. The Morgan fingerprint density at radius 1 is 1.12 bits per heavy atom. The standard InChI is InChI=1S/C20H21BrClN3/c21-16-8-5-9-17-18(16)24-19(20(25-17)10-2-1-3-11-20)23-13-14-6-4-7-15(22)12-14/h4-9,12,25H,1-3,10-11,13H2,(H,23,24). The highest BCUT2D eigenvalue weighted by Gasteiger charge is 2.40. The molecule has 1 aliphatic carbocycles. The number of rotatable bonds is 2. The first-order valence-electron chi connectivity index (χ1n) is 8.80. The van der Waals surface area contributed by atoms with Gasteiger partial charge in [-0.1, -0.05) is 49.1 Å². The number of hydrogen-bond acceptors (Lipinski definition) is 3. The van der Waals surface area contributed by atoms with Gasteiger partial charge in [0.15, 0.2) is 0 Å². The van der Waals surface area contributed by atoms with Gasteiger partial charge in [0.05, 0.1) is 11.2 Å². The number of benzene rings is 2. The minimum Gasteiger partial charge on any atom is -0.371 e. The van der Waals surface area contributed by atoms with Crippen LogP contribution < -0.4 is 10.6 Å². The molecule has 25 heavy (non-hydrogen) atoms. The summed E-state index contributed by atoms with van der Waals surface area (Å²) in [5.41, 5.74) is 3.18. The Kier molecular flexibility index (Phi) is 4.74. The molecule has 0 aromatic heterocycles. The summed E-state index contributed by atoms with van der Waals surface area (Å²) in [6.45, 7) is 0.725. The molecule has 1 aliphatic heterocycles. The van der Waals surface area contributed by atoms with E-state index in [0.717, 1.165) is 46.1 Å². The third-order valence-electron chi connectivity index (χ3n) is 5.09. The summed E-state index contributed by atoms with van der Waals surface area (Å²) in [5.74, 6) is 1.05. The predicted octanol–water partition coefficient (Wildman–Crippen LogP) is 6.05. The van der Waals surface area contributed by atoms with Crippen molar-refractivity contribution in [3.8, 4) is 0 Å². The second-order valence-electron chi connectivity index (χ2n) is 6.85. The quantitative estimate of drug-likeness (QED) is 0.622. The van der Waals surface area contributed by atoms with Crippen LogP contribution in [0.3, 0.4) is 0 Å². The Hall–Kier alpha value is -1.52. The van der Waals surface area contributed by atoms with E-state index in [-0.39, 0.29) is 5.54 Å². The molecule has 2 aliphatic rings. The van der Waals surface area contributed by atoms with Crippen molar-refractivity contribution in [2.75, 3.05) is 5.32 Å². The fourth-order valence-corrected chi connectivity index (χ4v) is 4.49. The smallest absolute Gasteiger partial charge is 0.128 e. The molecule has 2 N–H and O–H groups in total. The first-order chi connectivity index (χ1) is 12.2. The second-order valence-corrected chi connectivity index (χ2v) is 8.14. The molecular weight excluding hydrogens is 398 g/mol. The molecule has 1 spiro atoms. The van der Waals surface area contributed by atoms with E-state index in [1.54, 1.807) is 0 Å². The molecule has 1 heterocycles. The monoisotopic (exact) mass is 417 g/mol. The number of amidine groups is 1. The number of halogens is 2. The van der Waals surface area contributed by atoms with E-state index in [0.29, 0.717) is 0 Å². The maximum Gasteiger partial charge on any atom is 0.128 e. The molecule has 0 atom stereocenters. The van der Waals surface area contributed by atoms with Crippen LogP contribution in [-0.4, -0.2) is 11.4 Å². The van der Waals surface area contributed by atoms with Crippen LogP contribution in [0.4, 0.5) is 11.4 Å². The normalized spacial score (nSPS) is 18.2. The fraction of sp³-hybridized carbons (Fsp3) is 0.350. The van der Waals surface area contributed by atoms with Crippen molar-refractivity contribution >= 4 is 44.7 Å². The summed E-state index contributed by atoms with van der Waals surface area (Å²) in [5, 5.41) is 8.17. The topological polar surface area (TPSA) is 36.4 Å². The summed E-state index contributed by atoms with van der Waals surface area (Å²) in [7, 11) is 0. The molecule has 0 unspecified atom stereocenters. The molecule has 0 bridgehead atoms. The lowest BCUT2D eigenvalue weighted by atomic mass is 9.79. The number of nitrogens with one attached hydrogen (secondary N) is 2. The minimum absolute atomic E-state index is 0.0788. The van der Waals surface area contributed by atoms with E-state index < -0.39 is 0 Å². The van der Waals surface area contributed by atoms with E-state index in [9.17, 15) is 0 Å². The summed E-state index contributed by atoms with van der Waals surface area (Å²) in [4.78, 5) is 5.02. The molecule has 2 aromatic rings. The van der Waals surface area contributed by atoms with Gasteiger partial charge in [-0.3, -0.25) is 0 Å². The Morgan fingerprint density at radius 2 is 1.92 bits per heavy atom. The fourth-order valence-electron chi connectivity index (χ4n) is 3.82. The summed E-state index contributed by atoms with van der Waals surface area (Å²) in [6, 6.07) is 14.2. The van der Waals surface area contributed by atoms with Gasteiger partial charge in [-0.15, -0.1) is 0 Å². The lowest BCUT2D eigenvalue weighted by molar-refractivity contribution is 0.396. The molecule has 4 rings (SSSR count). The molecule has 0 radical (unpaired) electrons. The lowest BCUT2D eigenvalue weighted by Crippen LogP contribution is -2.54. The summed E-state index contributed by atoms with van der Waals surface area (Å²) >= 11 is 9.75. The average Bonchev–Trinajstić information content (AvgIpc) is 2.61. The van der Waals surface area contributed by atoms with Crippen LogP contribution in [0.5, 0.6) is 0 Å². The second kappa shape index (κ2) is 7.00. The molecule has 2 aromatic carbocycles. The van der Waals surface area contributed by atoms with Crippen LogP contribution in [0.2, 0.25) is 5.02 Å². The van der Waals surface area contributed by atoms with Gasteiger partial charge >= 0.3 is 0 Å².